The van der Waals surface area contributed by atoms with E-state index < -0.39 is 0 Å². The summed E-state index contributed by atoms with van der Waals surface area (Å²) in [7, 11) is 0. The molecule has 4 aliphatic carbocycles. The molecule has 0 aromatic rings. The molecule has 6 rings (SSSR count). The highest BCUT2D eigenvalue weighted by molar-refractivity contribution is 14.1. The van der Waals surface area contributed by atoms with Crippen molar-refractivity contribution in [2.45, 2.75) is 74.8 Å². The molecular weight excluding hydrogens is 443 g/mol. The minimum absolute atomic E-state index is 0.0518. The lowest BCUT2D eigenvalue weighted by atomic mass is 9.53. The summed E-state index contributed by atoms with van der Waals surface area (Å²) in [6.07, 6.45) is 11.5. The molecule has 5 heteroatoms. The van der Waals surface area contributed by atoms with Crippen molar-refractivity contribution in [1.82, 2.24) is 0 Å². The second-order valence-electron chi connectivity index (χ2n) is 9.38. The van der Waals surface area contributed by atoms with Crippen LogP contribution in [0.3, 0.4) is 0 Å². The standard InChI is InChI=1S/C21H27IO4/c22-10-9-18-5-4-16-14(15(18)1-2-17(18)23)3-6-19-13-20(24-11-12-25-20)7-8-21(16,19)26-19/h4,14-15H,1-3,5-13H2/t14?,15?,18-,19?,21?/m1/s1. The molecular formula is C21H27IO4. The molecule has 0 N–H and O–H groups in total. The molecule has 4 unspecified atom stereocenters. The number of alkyl halides is 1. The van der Waals surface area contributed by atoms with Crippen LogP contribution in [0.25, 0.3) is 0 Å². The van der Waals surface area contributed by atoms with Crippen LogP contribution in [0.1, 0.15) is 57.8 Å². The number of fused-ring (bicyclic) bond motifs is 3. The highest BCUT2D eigenvalue weighted by Gasteiger charge is 2.79. The van der Waals surface area contributed by atoms with E-state index in [1.807, 2.05) is 0 Å². The molecule has 2 saturated heterocycles. The fourth-order valence-electron chi connectivity index (χ4n) is 7.54. The molecule has 5 fully saturated rings. The normalized spacial score (nSPS) is 50.7. The van der Waals surface area contributed by atoms with E-state index in [1.54, 1.807) is 5.57 Å². The maximum atomic E-state index is 12.8. The third kappa shape index (κ3) is 1.89. The maximum absolute atomic E-state index is 12.8. The summed E-state index contributed by atoms with van der Waals surface area (Å²) >= 11 is 2.45. The summed E-state index contributed by atoms with van der Waals surface area (Å²) in [5.74, 6) is 1.27. The molecule has 2 aliphatic heterocycles. The van der Waals surface area contributed by atoms with Crippen LogP contribution in [0.5, 0.6) is 0 Å². The molecule has 26 heavy (non-hydrogen) atoms. The SMILES string of the molecule is O=C1CCC2C3CCC45CC6(CCC4(O5)C3=CC[C@]12CCI)OCCO6. The predicted molar refractivity (Wildman–Crippen MR) is 104 cm³/mol. The topological polar surface area (TPSA) is 48.1 Å². The first-order valence-corrected chi connectivity index (χ1v) is 11.9. The molecule has 5 atom stereocenters. The highest BCUT2D eigenvalue weighted by Crippen LogP contribution is 2.73. The minimum Gasteiger partial charge on any atom is -0.358 e. The Morgan fingerprint density at radius 3 is 2.81 bits per heavy atom. The Labute approximate surface area is 168 Å². The third-order valence-corrected chi connectivity index (χ3v) is 9.21. The van der Waals surface area contributed by atoms with E-state index in [2.05, 4.69) is 28.7 Å². The van der Waals surface area contributed by atoms with Gasteiger partial charge in [-0.2, -0.15) is 0 Å². The third-order valence-electron chi connectivity index (χ3n) is 8.68. The van der Waals surface area contributed by atoms with Gasteiger partial charge >= 0.3 is 0 Å². The molecule has 0 bridgehead atoms. The lowest BCUT2D eigenvalue weighted by molar-refractivity contribution is -0.185. The number of Topliss-reactive ketones (excluding diaryl/α,β-unsaturated/α-hetero) is 1. The fourth-order valence-corrected chi connectivity index (χ4v) is 8.50. The maximum Gasteiger partial charge on any atom is 0.171 e. The number of hydrogen-bond acceptors (Lipinski definition) is 4. The monoisotopic (exact) mass is 470 g/mol. The molecule has 4 nitrogen and oxygen atoms in total. The van der Waals surface area contributed by atoms with Gasteiger partial charge in [0.25, 0.3) is 0 Å². The summed E-state index contributed by atoms with van der Waals surface area (Å²) < 4.78 is 19.7. The van der Waals surface area contributed by atoms with Crippen molar-refractivity contribution in [3.63, 3.8) is 0 Å². The number of halogens is 1. The fraction of sp³-hybridized carbons (Fsp3) is 0.857. The van der Waals surface area contributed by atoms with Crippen molar-refractivity contribution in [2.75, 3.05) is 17.6 Å². The average molecular weight is 470 g/mol. The van der Waals surface area contributed by atoms with Gasteiger partial charge in [-0.3, -0.25) is 4.79 Å². The van der Waals surface area contributed by atoms with Crippen molar-refractivity contribution >= 4 is 28.4 Å². The van der Waals surface area contributed by atoms with Gasteiger partial charge in [0.05, 0.1) is 13.2 Å². The average Bonchev–Trinajstić information content (AvgIpc) is 2.92. The lowest BCUT2D eigenvalue weighted by Gasteiger charge is -2.49. The van der Waals surface area contributed by atoms with Gasteiger partial charge in [0, 0.05) is 29.1 Å². The first kappa shape index (κ1) is 16.9. The van der Waals surface area contributed by atoms with Gasteiger partial charge in [-0.25, -0.2) is 0 Å². The second-order valence-corrected chi connectivity index (χ2v) is 10.5. The van der Waals surface area contributed by atoms with E-state index in [4.69, 9.17) is 14.2 Å². The Hall–Kier alpha value is 0.0200. The molecule has 0 aromatic heterocycles. The molecule has 1 spiro atoms. The number of ketones is 1. The van der Waals surface area contributed by atoms with Gasteiger partial charge in [-0.05, 0) is 55.9 Å². The van der Waals surface area contributed by atoms with Crippen LogP contribution in [0, 0.1) is 17.3 Å². The van der Waals surface area contributed by atoms with Crippen LogP contribution in [0.2, 0.25) is 0 Å². The van der Waals surface area contributed by atoms with Gasteiger partial charge < -0.3 is 14.2 Å². The Morgan fingerprint density at radius 1 is 1.15 bits per heavy atom. The molecule has 0 aromatic carbocycles. The Morgan fingerprint density at radius 2 is 2.00 bits per heavy atom. The predicted octanol–water partition coefficient (Wildman–Crippen LogP) is 3.95. The first-order chi connectivity index (χ1) is 12.6. The smallest absolute Gasteiger partial charge is 0.171 e. The van der Waals surface area contributed by atoms with E-state index >= 15 is 0 Å². The first-order valence-electron chi connectivity index (χ1n) is 10.4. The largest absolute Gasteiger partial charge is 0.358 e. The molecule has 0 radical (unpaired) electrons. The lowest BCUT2D eigenvalue weighted by Crippen LogP contribution is -2.52. The van der Waals surface area contributed by atoms with Crippen molar-refractivity contribution < 1.29 is 19.0 Å². The number of allylic oxidation sites excluding steroid dienone is 1. The van der Waals surface area contributed by atoms with Crippen LogP contribution < -0.4 is 0 Å². The number of hydrogen-bond donors (Lipinski definition) is 0. The summed E-state index contributed by atoms with van der Waals surface area (Å²) in [6, 6.07) is 0. The van der Waals surface area contributed by atoms with Gasteiger partial charge in [0.15, 0.2) is 5.79 Å². The summed E-state index contributed by atoms with van der Waals surface area (Å²) in [5, 5.41) is 0. The minimum atomic E-state index is -0.379. The van der Waals surface area contributed by atoms with Crippen molar-refractivity contribution in [3.05, 3.63) is 11.6 Å². The van der Waals surface area contributed by atoms with Crippen molar-refractivity contribution in [1.29, 1.82) is 0 Å². The molecule has 0 amide bonds. The van der Waals surface area contributed by atoms with E-state index in [0.717, 1.165) is 69.0 Å². The quantitative estimate of drug-likeness (QED) is 0.266. The van der Waals surface area contributed by atoms with Crippen LogP contribution in [0.4, 0.5) is 0 Å². The molecule has 2 heterocycles. The van der Waals surface area contributed by atoms with Crippen molar-refractivity contribution in [2.24, 2.45) is 17.3 Å². The van der Waals surface area contributed by atoms with Crippen molar-refractivity contribution in [3.8, 4) is 0 Å². The summed E-state index contributed by atoms with van der Waals surface area (Å²) in [6.45, 7) is 1.44. The van der Waals surface area contributed by atoms with E-state index in [-0.39, 0.29) is 22.4 Å². The van der Waals surface area contributed by atoms with Gasteiger partial charge in [0.2, 0.25) is 0 Å². The zero-order valence-corrected chi connectivity index (χ0v) is 17.4. The summed E-state index contributed by atoms with van der Waals surface area (Å²) in [4.78, 5) is 12.8. The van der Waals surface area contributed by atoms with Gasteiger partial charge in [-0.1, -0.05) is 28.7 Å². The number of epoxide rings is 1. The van der Waals surface area contributed by atoms with Gasteiger partial charge in [-0.15, -0.1) is 0 Å². The van der Waals surface area contributed by atoms with Crippen LogP contribution >= 0.6 is 22.6 Å². The van der Waals surface area contributed by atoms with Crippen LogP contribution in [-0.2, 0) is 19.0 Å². The highest BCUT2D eigenvalue weighted by atomic mass is 127. The Balaban J connectivity index is 1.35. The number of ether oxygens (including phenoxy) is 3. The molecule has 142 valence electrons. The van der Waals surface area contributed by atoms with Gasteiger partial charge in [0.1, 0.15) is 17.0 Å². The molecule has 6 aliphatic rings. The number of rotatable bonds is 2. The van der Waals surface area contributed by atoms with Crippen LogP contribution in [0.15, 0.2) is 11.6 Å². The second kappa shape index (κ2) is 5.33. The van der Waals surface area contributed by atoms with E-state index in [1.165, 1.54) is 6.42 Å². The number of carbonyl (C=O) groups excluding carboxylic acids is 1. The Kier molecular flexibility index (Phi) is 3.47. The van der Waals surface area contributed by atoms with E-state index in [9.17, 15) is 4.79 Å². The summed E-state index contributed by atoms with van der Waals surface area (Å²) in [5.41, 5.74) is 1.39. The number of carbonyl (C=O) groups is 1. The zero-order valence-electron chi connectivity index (χ0n) is 15.2. The zero-order chi connectivity index (χ0) is 17.6. The molecule has 3 saturated carbocycles. The Bertz CT molecular complexity index is 698. The van der Waals surface area contributed by atoms with E-state index in [0.29, 0.717) is 17.6 Å². The van der Waals surface area contributed by atoms with Crippen LogP contribution in [-0.4, -0.2) is 40.4 Å².